The highest BCUT2D eigenvalue weighted by atomic mass is 19.4. The molecule has 1 atom stereocenters. The second-order valence-electron chi connectivity index (χ2n) is 5.69. The number of benzene rings is 1. The number of hydroxylamine groups is 1. The number of anilines is 1. The van der Waals surface area contributed by atoms with Gasteiger partial charge in [-0.1, -0.05) is 19.9 Å². The van der Waals surface area contributed by atoms with Gasteiger partial charge in [0, 0.05) is 19.5 Å². The Labute approximate surface area is 138 Å². The summed E-state index contributed by atoms with van der Waals surface area (Å²) >= 11 is 0. The average Bonchev–Trinajstić information content (AvgIpc) is 2.44. The fraction of sp³-hybridized carbons (Fsp3) is 0.500. The van der Waals surface area contributed by atoms with E-state index in [1.165, 1.54) is 30.9 Å². The highest BCUT2D eigenvalue weighted by Crippen LogP contribution is 2.32. The molecule has 1 unspecified atom stereocenters. The van der Waals surface area contributed by atoms with Crippen LogP contribution in [0.25, 0.3) is 0 Å². The van der Waals surface area contributed by atoms with Gasteiger partial charge in [-0.15, -0.1) is 0 Å². The summed E-state index contributed by atoms with van der Waals surface area (Å²) in [7, 11) is 0. The Morgan fingerprint density at radius 2 is 1.88 bits per heavy atom. The first kappa shape index (κ1) is 20.0. The molecule has 1 rings (SSSR count). The van der Waals surface area contributed by atoms with Crippen molar-refractivity contribution in [1.82, 2.24) is 5.48 Å². The van der Waals surface area contributed by atoms with Crippen LogP contribution < -0.4 is 10.4 Å². The monoisotopic (exact) mass is 346 g/mol. The van der Waals surface area contributed by atoms with Crippen molar-refractivity contribution in [3.05, 3.63) is 29.8 Å². The van der Waals surface area contributed by atoms with E-state index >= 15 is 0 Å². The van der Waals surface area contributed by atoms with Gasteiger partial charge in [0.1, 0.15) is 0 Å². The molecule has 1 amide bonds. The van der Waals surface area contributed by atoms with Crippen molar-refractivity contribution in [3.63, 3.8) is 0 Å². The Morgan fingerprint density at radius 1 is 1.25 bits per heavy atom. The van der Waals surface area contributed by atoms with Crippen LogP contribution in [0.1, 0.15) is 33.3 Å². The average molecular weight is 346 g/mol. The lowest BCUT2D eigenvalue weighted by Gasteiger charge is -2.34. The maximum absolute atomic E-state index is 12.9. The maximum Gasteiger partial charge on any atom is 0.416 e. The van der Waals surface area contributed by atoms with E-state index < -0.39 is 29.7 Å². The van der Waals surface area contributed by atoms with Crippen molar-refractivity contribution in [1.29, 1.82) is 0 Å². The summed E-state index contributed by atoms with van der Waals surface area (Å²) in [5.74, 6) is -1.05. The fourth-order valence-corrected chi connectivity index (χ4v) is 2.29. The van der Waals surface area contributed by atoms with Crippen molar-refractivity contribution in [3.8, 4) is 0 Å². The quantitative estimate of drug-likeness (QED) is 0.804. The molecular formula is C16H21F3N2O3. The molecule has 0 heterocycles. The van der Waals surface area contributed by atoms with Gasteiger partial charge >= 0.3 is 12.1 Å². The molecule has 1 aromatic rings. The smallest absolute Gasteiger partial charge is 0.371 e. The summed E-state index contributed by atoms with van der Waals surface area (Å²) in [6.45, 7) is 6.23. The van der Waals surface area contributed by atoms with Crippen molar-refractivity contribution in [2.75, 3.05) is 11.4 Å². The van der Waals surface area contributed by atoms with Crippen LogP contribution in [0, 0.1) is 5.92 Å². The first-order valence-electron chi connectivity index (χ1n) is 7.41. The summed E-state index contributed by atoms with van der Waals surface area (Å²) in [6.07, 6.45) is -4.50. The number of nitrogens with one attached hydrogen (secondary N) is 1. The number of rotatable bonds is 6. The predicted molar refractivity (Wildman–Crippen MR) is 83.0 cm³/mol. The molecule has 8 heteroatoms. The Hall–Kier alpha value is -2.09. The molecule has 24 heavy (non-hydrogen) atoms. The third-order valence-corrected chi connectivity index (χ3v) is 3.40. The van der Waals surface area contributed by atoms with Gasteiger partial charge in [0.05, 0.1) is 18.2 Å². The van der Waals surface area contributed by atoms with E-state index in [2.05, 4.69) is 10.3 Å². The summed E-state index contributed by atoms with van der Waals surface area (Å²) in [4.78, 5) is 28.8. The first-order chi connectivity index (χ1) is 11.0. The molecule has 1 N–H and O–H groups in total. The molecule has 0 aromatic heterocycles. The second-order valence-corrected chi connectivity index (χ2v) is 5.69. The van der Waals surface area contributed by atoms with Gasteiger partial charge in [-0.2, -0.15) is 18.7 Å². The molecule has 0 spiro atoms. The van der Waals surface area contributed by atoms with Gasteiger partial charge in [-0.3, -0.25) is 9.59 Å². The lowest BCUT2D eigenvalue weighted by molar-refractivity contribution is -0.148. The molecule has 0 aliphatic rings. The number of hydrogen-bond donors (Lipinski definition) is 1. The summed E-state index contributed by atoms with van der Waals surface area (Å²) in [5.41, 5.74) is 1.76. The third kappa shape index (κ3) is 5.52. The van der Waals surface area contributed by atoms with Gasteiger partial charge in [0.2, 0.25) is 5.91 Å². The topological polar surface area (TPSA) is 58.6 Å². The third-order valence-electron chi connectivity index (χ3n) is 3.40. The number of nitrogens with zero attached hydrogens (tertiary/aromatic N) is 1. The van der Waals surface area contributed by atoms with Crippen LogP contribution >= 0.6 is 0 Å². The van der Waals surface area contributed by atoms with Crippen molar-refractivity contribution >= 4 is 17.6 Å². The van der Waals surface area contributed by atoms with Crippen LogP contribution in [0.5, 0.6) is 0 Å². The maximum atomic E-state index is 12.9. The zero-order valence-corrected chi connectivity index (χ0v) is 14.0. The van der Waals surface area contributed by atoms with E-state index in [4.69, 9.17) is 0 Å². The van der Waals surface area contributed by atoms with E-state index in [1.54, 1.807) is 0 Å². The zero-order valence-electron chi connectivity index (χ0n) is 14.0. The van der Waals surface area contributed by atoms with Crippen LogP contribution in [-0.2, 0) is 20.6 Å². The molecule has 0 fully saturated rings. The fourth-order valence-electron chi connectivity index (χ4n) is 2.29. The molecule has 1 aromatic carbocycles. The van der Waals surface area contributed by atoms with Crippen molar-refractivity contribution < 1.29 is 27.6 Å². The molecule has 0 aliphatic heterocycles. The Kier molecular flexibility index (Phi) is 6.77. The Balaban J connectivity index is 3.15. The summed E-state index contributed by atoms with van der Waals surface area (Å²) < 4.78 is 38.7. The van der Waals surface area contributed by atoms with Crippen LogP contribution in [0.15, 0.2) is 24.3 Å². The van der Waals surface area contributed by atoms with Gasteiger partial charge in [0.25, 0.3) is 0 Å². The number of alkyl halides is 3. The Morgan fingerprint density at radius 3 is 2.33 bits per heavy atom. The van der Waals surface area contributed by atoms with Gasteiger partial charge in [-0.25, -0.2) is 0 Å². The van der Waals surface area contributed by atoms with Crippen molar-refractivity contribution in [2.24, 2.45) is 5.92 Å². The predicted octanol–water partition coefficient (Wildman–Crippen LogP) is 3.15. The molecule has 0 radical (unpaired) electrons. The van der Waals surface area contributed by atoms with Crippen LogP contribution in [0.2, 0.25) is 0 Å². The van der Waals surface area contributed by atoms with Gasteiger partial charge < -0.3 is 9.74 Å². The van der Waals surface area contributed by atoms with E-state index in [1.807, 2.05) is 13.8 Å². The van der Waals surface area contributed by atoms with Crippen LogP contribution in [-0.4, -0.2) is 24.5 Å². The molecule has 5 nitrogen and oxygen atoms in total. The standard InChI is InChI=1S/C16H21F3N2O3/c1-10(2)15(9-20-24-12(4)23)21(11(3)22)14-7-5-6-13(8-14)16(17,18)19/h5-8,10,15,20H,9H2,1-4H3. The number of hydrogen-bond acceptors (Lipinski definition) is 4. The van der Waals surface area contributed by atoms with Crippen molar-refractivity contribution in [2.45, 2.75) is 39.9 Å². The largest absolute Gasteiger partial charge is 0.416 e. The minimum absolute atomic E-state index is 0.0903. The molecule has 0 saturated heterocycles. The second kappa shape index (κ2) is 8.14. The number of carbonyl (C=O) groups is 2. The highest BCUT2D eigenvalue weighted by Gasteiger charge is 2.32. The van der Waals surface area contributed by atoms with E-state index in [0.717, 1.165) is 12.1 Å². The number of halogens is 3. The summed E-state index contributed by atoms with van der Waals surface area (Å²) in [6, 6.07) is 4.08. The lowest BCUT2D eigenvalue weighted by atomic mass is 10.0. The lowest BCUT2D eigenvalue weighted by Crippen LogP contribution is -2.48. The van der Waals surface area contributed by atoms with Gasteiger partial charge in [0.15, 0.2) is 0 Å². The number of carbonyl (C=O) groups excluding carboxylic acids is 2. The molecular weight excluding hydrogens is 325 g/mol. The molecule has 0 bridgehead atoms. The SMILES string of the molecule is CC(=O)ONCC(C(C)C)N(C(C)=O)c1cccc(C(F)(F)F)c1. The molecule has 0 saturated carbocycles. The minimum Gasteiger partial charge on any atom is -0.371 e. The van der Waals surface area contributed by atoms with Gasteiger partial charge in [-0.05, 0) is 24.1 Å². The highest BCUT2D eigenvalue weighted by molar-refractivity contribution is 5.92. The first-order valence-corrected chi connectivity index (χ1v) is 7.41. The van der Waals surface area contributed by atoms with Crippen LogP contribution in [0.4, 0.5) is 18.9 Å². The zero-order chi connectivity index (χ0) is 18.5. The van der Waals surface area contributed by atoms with E-state index in [0.29, 0.717) is 0 Å². The summed E-state index contributed by atoms with van der Waals surface area (Å²) in [5, 5.41) is 0. The normalized spacial score (nSPS) is 12.8. The minimum atomic E-state index is -4.50. The van der Waals surface area contributed by atoms with E-state index in [9.17, 15) is 22.8 Å². The number of amides is 1. The van der Waals surface area contributed by atoms with Crippen LogP contribution in [0.3, 0.4) is 0 Å². The Bertz CT molecular complexity index is 588. The molecule has 0 aliphatic carbocycles. The molecule has 134 valence electrons. The van der Waals surface area contributed by atoms with E-state index in [-0.39, 0.29) is 18.2 Å².